The predicted octanol–water partition coefficient (Wildman–Crippen LogP) is 2.75. The number of nitrogens with one attached hydrogen (secondary N) is 2. The summed E-state index contributed by atoms with van der Waals surface area (Å²) in [7, 11) is 1.60. The average molecular weight is 406 g/mol. The van der Waals surface area contributed by atoms with E-state index in [9.17, 15) is 4.79 Å². The molecule has 0 fully saturated rings. The first-order valence-electron chi connectivity index (χ1n) is 7.44. The minimum absolute atomic E-state index is 0.103. The van der Waals surface area contributed by atoms with Gasteiger partial charge in [0.1, 0.15) is 5.75 Å². The molecule has 2 N–H and O–H groups in total. The maximum absolute atomic E-state index is 11.8. The van der Waals surface area contributed by atoms with E-state index in [4.69, 9.17) is 14.2 Å². The summed E-state index contributed by atoms with van der Waals surface area (Å²) in [5, 5.41) is 6.96. The summed E-state index contributed by atoms with van der Waals surface area (Å²) in [5.41, 5.74) is 4.06. The van der Waals surface area contributed by atoms with Crippen LogP contribution < -0.4 is 25.0 Å². The number of rotatable bonds is 6. The maximum atomic E-state index is 11.8. The van der Waals surface area contributed by atoms with Crippen LogP contribution in [0.2, 0.25) is 0 Å². The van der Waals surface area contributed by atoms with Crippen molar-refractivity contribution in [3.05, 3.63) is 46.4 Å². The molecule has 0 bridgehead atoms. The molecule has 1 aliphatic heterocycles. The van der Waals surface area contributed by atoms with Crippen LogP contribution in [-0.4, -0.2) is 32.6 Å². The maximum Gasteiger partial charge on any atom is 0.259 e. The van der Waals surface area contributed by atoms with Crippen molar-refractivity contribution in [3.8, 4) is 17.2 Å². The first kappa shape index (κ1) is 17.1. The van der Waals surface area contributed by atoms with Gasteiger partial charge in [-0.25, -0.2) is 5.43 Å². The van der Waals surface area contributed by atoms with Crippen LogP contribution in [-0.2, 0) is 4.79 Å². The van der Waals surface area contributed by atoms with E-state index in [1.165, 1.54) is 6.21 Å². The highest BCUT2D eigenvalue weighted by molar-refractivity contribution is 9.10. The van der Waals surface area contributed by atoms with Gasteiger partial charge in [0.15, 0.2) is 11.5 Å². The monoisotopic (exact) mass is 405 g/mol. The van der Waals surface area contributed by atoms with Gasteiger partial charge in [-0.1, -0.05) is 0 Å². The normalized spacial score (nSPS) is 12.2. The van der Waals surface area contributed by atoms with E-state index in [1.54, 1.807) is 19.2 Å². The van der Waals surface area contributed by atoms with Crippen LogP contribution in [0.4, 0.5) is 5.69 Å². The lowest BCUT2D eigenvalue weighted by molar-refractivity contribution is -0.119. The summed E-state index contributed by atoms with van der Waals surface area (Å²) in [5.74, 6) is 1.83. The van der Waals surface area contributed by atoms with E-state index in [-0.39, 0.29) is 19.2 Å². The number of carbonyl (C=O) groups excluding carboxylic acids is 1. The molecule has 2 aromatic rings. The second-order valence-electron chi connectivity index (χ2n) is 5.10. The van der Waals surface area contributed by atoms with E-state index in [2.05, 4.69) is 31.8 Å². The number of amides is 1. The summed E-state index contributed by atoms with van der Waals surface area (Å²) in [4.78, 5) is 11.8. The molecule has 1 heterocycles. The van der Waals surface area contributed by atoms with Crippen LogP contribution >= 0.6 is 15.9 Å². The number of fused-ring (bicyclic) bond motifs is 1. The summed E-state index contributed by atoms with van der Waals surface area (Å²) in [6.07, 6.45) is 1.54. The molecule has 0 aliphatic carbocycles. The van der Waals surface area contributed by atoms with Crippen LogP contribution in [0.15, 0.2) is 46.0 Å². The largest absolute Gasteiger partial charge is 0.497 e. The standard InChI is InChI=1S/C17H16BrN3O4/c1-23-13-4-2-12(3-5-13)19-9-17(22)21-20-8-11-6-15-16(7-14(11)18)25-10-24-15/h2-8,19H,9-10H2,1H3,(H,21,22)/b20-8+. The van der Waals surface area contributed by atoms with E-state index >= 15 is 0 Å². The minimum Gasteiger partial charge on any atom is -0.497 e. The fraction of sp³-hybridized carbons (Fsp3) is 0.176. The second kappa shape index (κ2) is 7.89. The highest BCUT2D eigenvalue weighted by Gasteiger charge is 2.15. The van der Waals surface area contributed by atoms with Gasteiger partial charge in [-0.2, -0.15) is 5.10 Å². The lowest BCUT2D eigenvalue weighted by Crippen LogP contribution is -2.25. The Morgan fingerprint density at radius 2 is 2.00 bits per heavy atom. The third-order valence-electron chi connectivity index (χ3n) is 3.43. The van der Waals surface area contributed by atoms with Gasteiger partial charge in [0.25, 0.3) is 5.91 Å². The number of halogens is 1. The smallest absolute Gasteiger partial charge is 0.259 e. The van der Waals surface area contributed by atoms with Crippen molar-refractivity contribution in [3.63, 3.8) is 0 Å². The van der Waals surface area contributed by atoms with Gasteiger partial charge in [0, 0.05) is 15.7 Å². The number of anilines is 1. The molecule has 0 radical (unpaired) electrons. The molecule has 0 aromatic heterocycles. The molecule has 0 saturated heterocycles. The Kier molecular flexibility index (Phi) is 5.39. The van der Waals surface area contributed by atoms with Crippen molar-refractivity contribution in [2.24, 2.45) is 5.10 Å². The van der Waals surface area contributed by atoms with Crippen molar-refractivity contribution >= 4 is 33.7 Å². The van der Waals surface area contributed by atoms with Crippen molar-refractivity contribution in [1.82, 2.24) is 5.43 Å². The molecule has 0 saturated carbocycles. The number of carbonyl (C=O) groups is 1. The number of hydrazone groups is 1. The second-order valence-corrected chi connectivity index (χ2v) is 5.96. The van der Waals surface area contributed by atoms with E-state index in [0.29, 0.717) is 11.5 Å². The molecule has 25 heavy (non-hydrogen) atoms. The van der Waals surface area contributed by atoms with Gasteiger partial charge in [-0.15, -0.1) is 0 Å². The fourth-order valence-electron chi connectivity index (χ4n) is 2.14. The predicted molar refractivity (Wildman–Crippen MR) is 97.5 cm³/mol. The molecule has 1 aliphatic rings. The summed E-state index contributed by atoms with van der Waals surface area (Å²) < 4.78 is 16.5. The molecule has 0 unspecified atom stereocenters. The molecule has 1 amide bonds. The Morgan fingerprint density at radius 3 is 2.72 bits per heavy atom. The van der Waals surface area contributed by atoms with Crippen LogP contribution in [0.3, 0.4) is 0 Å². The topological polar surface area (TPSA) is 81.2 Å². The van der Waals surface area contributed by atoms with Crippen LogP contribution in [0.5, 0.6) is 17.2 Å². The molecule has 7 nitrogen and oxygen atoms in total. The van der Waals surface area contributed by atoms with E-state index < -0.39 is 0 Å². The molecule has 2 aromatic carbocycles. The molecule has 3 rings (SSSR count). The lowest BCUT2D eigenvalue weighted by atomic mass is 10.2. The number of benzene rings is 2. The molecular weight excluding hydrogens is 390 g/mol. The molecule has 0 atom stereocenters. The quantitative estimate of drug-likeness (QED) is 0.570. The molecule has 130 valence electrons. The lowest BCUT2D eigenvalue weighted by Gasteiger charge is -2.06. The SMILES string of the molecule is COc1ccc(NCC(=O)N/N=C/c2cc3c(cc2Br)OCO3)cc1. The first-order chi connectivity index (χ1) is 12.2. The summed E-state index contributed by atoms with van der Waals surface area (Å²) in [6.45, 7) is 0.308. The van der Waals surface area contributed by atoms with Crippen molar-refractivity contribution in [2.45, 2.75) is 0 Å². The first-order valence-corrected chi connectivity index (χ1v) is 8.24. The number of methoxy groups -OCH3 is 1. The Bertz CT molecular complexity index is 793. The van der Waals surface area contributed by atoms with Crippen molar-refractivity contribution in [1.29, 1.82) is 0 Å². The number of hydrogen-bond donors (Lipinski definition) is 2. The third kappa shape index (κ3) is 4.42. The molecule has 0 spiro atoms. The zero-order valence-corrected chi connectivity index (χ0v) is 15.0. The van der Waals surface area contributed by atoms with E-state index in [0.717, 1.165) is 21.5 Å². The Hall–Kier alpha value is -2.74. The zero-order valence-electron chi connectivity index (χ0n) is 13.4. The fourth-order valence-corrected chi connectivity index (χ4v) is 2.56. The van der Waals surface area contributed by atoms with Crippen LogP contribution in [0, 0.1) is 0 Å². The Morgan fingerprint density at radius 1 is 1.28 bits per heavy atom. The molecule has 8 heteroatoms. The number of hydrogen-bond acceptors (Lipinski definition) is 6. The zero-order chi connectivity index (χ0) is 17.6. The van der Waals surface area contributed by atoms with Gasteiger partial charge in [-0.3, -0.25) is 4.79 Å². The number of ether oxygens (including phenoxy) is 3. The van der Waals surface area contributed by atoms with Gasteiger partial charge < -0.3 is 19.5 Å². The number of nitrogens with zero attached hydrogens (tertiary/aromatic N) is 1. The van der Waals surface area contributed by atoms with Gasteiger partial charge >= 0.3 is 0 Å². The van der Waals surface area contributed by atoms with Crippen molar-refractivity contribution in [2.75, 3.05) is 25.8 Å². The van der Waals surface area contributed by atoms with Crippen LogP contribution in [0.1, 0.15) is 5.56 Å². The van der Waals surface area contributed by atoms with Crippen molar-refractivity contribution < 1.29 is 19.0 Å². The Labute approximate surface area is 153 Å². The third-order valence-corrected chi connectivity index (χ3v) is 4.11. The highest BCUT2D eigenvalue weighted by atomic mass is 79.9. The minimum atomic E-state index is -0.260. The highest BCUT2D eigenvalue weighted by Crippen LogP contribution is 2.36. The summed E-state index contributed by atoms with van der Waals surface area (Å²) in [6, 6.07) is 10.9. The van der Waals surface area contributed by atoms with Gasteiger partial charge in [0.2, 0.25) is 6.79 Å². The van der Waals surface area contributed by atoms with E-state index in [1.807, 2.05) is 24.3 Å². The molecular formula is C17H16BrN3O4. The van der Waals surface area contributed by atoms with Crippen LogP contribution in [0.25, 0.3) is 0 Å². The van der Waals surface area contributed by atoms with Gasteiger partial charge in [0.05, 0.1) is 19.9 Å². The average Bonchev–Trinajstić information content (AvgIpc) is 3.07. The summed E-state index contributed by atoms with van der Waals surface area (Å²) >= 11 is 3.43. The van der Waals surface area contributed by atoms with Gasteiger partial charge in [-0.05, 0) is 52.3 Å². The Balaban J connectivity index is 1.51.